The molecule has 0 radical (unpaired) electrons. The van der Waals surface area contributed by atoms with Gasteiger partial charge in [0.2, 0.25) is 5.91 Å². The first-order valence-electron chi connectivity index (χ1n) is 12.4. The summed E-state index contributed by atoms with van der Waals surface area (Å²) in [5.74, 6) is -0.124. The van der Waals surface area contributed by atoms with Crippen LogP contribution in [0, 0.1) is 0 Å². The summed E-state index contributed by atoms with van der Waals surface area (Å²) in [6.07, 6.45) is 1.32. The maximum atomic E-state index is 13.2. The van der Waals surface area contributed by atoms with E-state index in [1.807, 2.05) is 18.2 Å². The van der Waals surface area contributed by atoms with Gasteiger partial charge in [-0.25, -0.2) is 0 Å². The van der Waals surface area contributed by atoms with E-state index in [0.29, 0.717) is 31.4 Å². The van der Waals surface area contributed by atoms with Crippen LogP contribution in [0.1, 0.15) is 36.0 Å². The Balaban J connectivity index is 1.27. The number of carbonyl (C=O) groups is 2. The van der Waals surface area contributed by atoms with E-state index < -0.39 is 6.10 Å². The van der Waals surface area contributed by atoms with Crippen molar-refractivity contribution in [3.63, 3.8) is 0 Å². The van der Waals surface area contributed by atoms with Crippen molar-refractivity contribution < 1.29 is 28.9 Å². The van der Waals surface area contributed by atoms with Crippen molar-refractivity contribution in [2.75, 3.05) is 59.2 Å². The van der Waals surface area contributed by atoms with E-state index in [1.54, 1.807) is 17.0 Å². The number of hydrogen-bond donors (Lipinski definition) is 2. The number of rotatable bonds is 7. The molecule has 3 heterocycles. The first-order valence-corrected chi connectivity index (χ1v) is 12.4. The van der Waals surface area contributed by atoms with Crippen molar-refractivity contribution in [1.29, 1.82) is 0 Å². The molecule has 0 spiro atoms. The van der Waals surface area contributed by atoms with Crippen LogP contribution in [0.4, 0.5) is 0 Å². The third kappa shape index (κ3) is 6.99. The number of nitrogens with zero attached hydrogens (tertiary/aromatic N) is 2. The first kappa shape index (κ1) is 25.1. The molecular weight excluding hydrogens is 438 g/mol. The number of benzene rings is 1. The first-order chi connectivity index (χ1) is 16.6. The number of amides is 2. The Morgan fingerprint density at radius 3 is 2.65 bits per heavy atom. The van der Waals surface area contributed by atoms with E-state index in [0.717, 1.165) is 39.3 Å². The minimum Gasteiger partial charge on any atom is -0.389 e. The molecule has 34 heavy (non-hydrogen) atoms. The number of ether oxygens (including phenoxy) is 3. The Kier molecular flexibility index (Phi) is 9.29. The average molecular weight is 476 g/mol. The summed E-state index contributed by atoms with van der Waals surface area (Å²) < 4.78 is 17.3. The molecule has 1 aromatic carbocycles. The van der Waals surface area contributed by atoms with Gasteiger partial charge in [0.1, 0.15) is 6.10 Å². The van der Waals surface area contributed by atoms with Crippen LogP contribution in [0.15, 0.2) is 30.3 Å². The van der Waals surface area contributed by atoms with E-state index >= 15 is 0 Å². The van der Waals surface area contributed by atoms with E-state index in [9.17, 15) is 14.7 Å². The lowest BCUT2D eigenvalue weighted by molar-refractivity contribution is -0.150. The van der Waals surface area contributed by atoms with Crippen molar-refractivity contribution in [3.05, 3.63) is 35.9 Å². The number of aliphatic hydroxyl groups excluding tert-OH is 1. The standard InChI is InChI=1S/C25H37N3O6/c29-20-16-28(25(31)19-5-2-1-3-6-19)22-8-7-21(34-23(22)18-33-17-20)15-24(30)26-9-4-10-27-11-13-32-14-12-27/h1-3,5-6,20-23,29H,4,7-18H2,(H,26,30)/t20-,21-,22+,23-/m0/s1. The second-order valence-electron chi connectivity index (χ2n) is 9.32. The number of carbonyl (C=O) groups excluding carboxylic acids is 2. The van der Waals surface area contributed by atoms with Crippen LogP contribution < -0.4 is 5.32 Å². The molecule has 3 aliphatic heterocycles. The largest absolute Gasteiger partial charge is 0.389 e. The fourth-order valence-corrected chi connectivity index (χ4v) is 4.96. The fourth-order valence-electron chi connectivity index (χ4n) is 4.96. The van der Waals surface area contributed by atoms with Crippen LogP contribution in [0.5, 0.6) is 0 Å². The summed E-state index contributed by atoms with van der Waals surface area (Å²) in [5.41, 5.74) is 0.591. The van der Waals surface area contributed by atoms with Crippen LogP contribution in [0.25, 0.3) is 0 Å². The number of morpholine rings is 1. The molecule has 3 saturated heterocycles. The number of aliphatic hydroxyl groups is 1. The van der Waals surface area contributed by atoms with E-state index in [2.05, 4.69) is 10.2 Å². The van der Waals surface area contributed by atoms with Crippen LogP contribution >= 0.6 is 0 Å². The summed E-state index contributed by atoms with van der Waals surface area (Å²) in [4.78, 5) is 29.8. The molecule has 0 unspecified atom stereocenters. The lowest BCUT2D eigenvalue weighted by Gasteiger charge is -2.44. The predicted molar refractivity (Wildman–Crippen MR) is 125 cm³/mol. The van der Waals surface area contributed by atoms with Crippen LogP contribution in [-0.4, -0.2) is 110 Å². The Morgan fingerprint density at radius 1 is 1.06 bits per heavy atom. The lowest BCUT2D eigenvalue weighted by Crippen LogP contribution is -2.57. The van der Waals surface area contributed by atoms with Gasteiger partial charge >= 0.3 is 0 Å². The van der Waals surface area contributed by atoms with Crippen molar-refractivity contribution >= 4 is 11.8 Å². The second kappa shape index (κ2) is 12.6. The monoisotopic (exact) mass is 475 g/mol. The van der Waals surface area contributed by atoms with Crippen molar-refractivity contribution in [1.82, 2.24) is 15.1 Å². The molecule has 0 aliphatic carbocycles. The van der Waals surface area contributed by atoms with Gasteiger partial charge in [0, 0.05) is 31.7 Å². The summed E-state index contributed by atoms with van der Waals surface area (Å²) in [6, 6.07) is 8.92. The normalized spacial score (nSPS) is 28.4. The minimum atomic E-state index is -0.741. The van der Waals surface area contributed by atoms with Crippen LogP contribution in [-0.2, 0) is 19.0 Å². The fraction of sp³-hybridized carbons (Fsp3) is 0.680. The highest BCUT2D eigenvalue weighted by molar-refractivity contribution is 5.94. The summed E-state index contributed by atoms with van der Waals surface area (Å²) in [5, 5.41) is 13.3. The van der Waals surface area contributed by atoms with Crippen LogP contribution in [0.2, 0.25) is 0 Å². The molecule has 0 saturated carbocycles. The maximum Gasteiger partial charge on any atom is 0.254 e. The highest BCUT2D eigenvalue weighted by Crippen LogP contribution is 2.28. The van der Waals surface area contributed by atoms with Gasteiger partial charge < -0.3 is 29.5 Å². The molecule has 9 nitrogen and oxygen atoms in total. The van der Waals surface area contributed by atoms with E-state index in [4.69, 9.17) is 14.2 Å². The number of hydrogen-bond acceptors (Lipinski definition) is 7. The third-order valence-corrected chi connectivity index (χ3v) is 6.75. The zero-order valence-electron chi connectivity index (χ0n) is 19.8. The molecule has 2 amide bonds. The molecular formula is C25H37N3O6. The molecule has 4 rings (SSSR count). The number of nitrogens with one attached hydrogen (secondary N) is 1. The molecule has 0 bridgehead atoms. The quantitative estimate of drug-likeness (QED) is 0.559. The van der Waals surface area contributed by atoms with Gasteiger partial charge in [-0.05, 0) is 37.9 Å². The Hall–Kier alpha value is -2.04. The molecule has 188 valence electrons. The number of β-amino-alcohol motifs (C(OH)–C–C–N with tert-alkyl or cyclic N) is 1. The highest BCUT2D eigenvalue weighted by Gasteiger charge is 2.40. The van der Waals surface area contributed by atoms with Gasteiger partial charge in [-0.3, -0.25) is 14.5 Å². The second-order valence-corrected chi connectivity index (χ2v) is 9.32. The molecule has 3 fully saturated rings. The summed E-state index contributed by atoms with van der Waals surface area (Å²) in [7, 11) is 0. The molecule has 4 atom stereocenters. The Morgan fingerprint density at radius 2 is 1.85 bits per heavy atom. The van der Waals surface area contributed by atoms with Gasteiger partial charge in [-0.15, -0.1) is 0 Å². The topological polar surface area (TPSA) is 101 Å². The lowest BCUT2D eigenvalue weighted by atomic mass is 9.94. The van der Waals surface area contributed by atoms with Crippen molar-refractivity contribution in [2.45, 2.75) is 50.0 Å². The minimum absolute atomic E-state index is 0.00942. The average Bonchev–Trinajstić information content (AvgIpc) is 2.85. The third-order valence-electron chi connectivity index (χ3n) is 6.75. The number of fused-ring (bicyclic) bond motifs is 1. The Bertz CT molecular complexity index is 788. The van der Waals surface area contributed by atoms with E-state index in [-0.39, 0.29) is 49.8 Å². The van der Waals surface area contributed by atoms with E-state index in [1.165, 1.54) is 0 Å². The zero-order valence-corrected chi connectivity index (χ0v) is 19.8. The van der Waals surface area contributed by atoms with Crippen molar-refractivity contribution in [2.24, 2.45) is 0 Å². The zero-order chi connectivity index (χ0) is 23.8. The van der Waals surface area contributed by atoms with Crippen LogP contribution in [0.3, 0.4) is 0 Å². The predicted octanol–water partition coefficient (Wildman–Crippen LogP) is 0.665. The maximum absolute atomic E-state index is 13.2. The smallest absolute Gasteiger partial charge is 0.254 e. The highest BCUT2D eigenvalue weighted by atomic mass is 16.5. The molecule has 0 aromatic heterocycles. The summed E-state index contributed by atoms with van der Waals surface area (Å²) >= 11 is 0. The van der Waals surface area contributed by atoms with Gasteiger partial charge in [0.25, 0.3) is 5.91 Å². The Labute approximate surface area is 201 Å². The SMILES string of the molecule is O=C(C[C@@H]1CC[C@@H]2[C@H](COC[C@@H](O)CN2C(=O)c2ccccc2)O1)NCCCN1CCOCC1. The molecule has 9 heteroatoms. The van der Waals surface area contributed by atoms with Gasteiger partial charge in [-0.1, -0.05) is 18.2 Å². The van der Waals surface area contributed by atoms with Crippen molar-refractivity contribution in [3.8, 4) is 0 Å². The molecule has 1 aromatic rings. The molecule has 3 aliphatic rings. The van der Waals surface area contributed by atoms with Gasteiger partial charge in [0.05, 0.1) is 51.1 Å². The summed E-state index contributed by atoms with van der Waals surface area (Å²) in [6.45, 7) is 5.72. The molecule has 2 N–H and O–H groups in total. The van der Waals surface area contributed by atoms with Gasteiger partial charge in [0.15, 0.2) is 0 Å². The van der Waals surface area contributed by atoms with Gasteiger partial charge in [-0.2, -0.15) is 0 Å².